The Kier molecular flexibility index (Phi) is 3.37. The molecule has 126 valence electrons. The molecule has 0 bridgehead atoms. The Balaban J connectivity index is 1.56. The fraction of sp³-hybridized carbons (Fsp3) is 0.500. The molecule has 2 aromatic rings. The van der Waals surface area contributed by atoms with Crippen LogP contribution in [0.3, 0.4) is 0 Å². The smallest absolute Gasteiger partial charge is 0.311 e. The molecule has 1 N–H and O–H groups in total. The van der Waals surface area contributed by atoms with Crippen LogP contribution in [0, 0.1) is 11.3 Å². The van der Waals surface area contributed by atoms with E-state index in [0.717, 1.165) is 29.4 Å². The molecule has 1 saturated heterocycles. The molecule has 0 radical (unpaired) electrons. The lowest BCUT2D eigenvalue weighted by atomic mass is 9.81. The Labute approximate surface area is 140 Å². The highest BCUT2D eigenvalue weighted by Crippen LogP contribution is 2.48. The zero-order valence-electron chi connectivity index (χ0n) is 13.7. The summed E-state index contributed by atoms with van der Waals surface area (Å²) >= 11 is 0. The molecule has 0 spiro atoms. The molecular formula is C18H21N3O3. The number of carboxylic acids is 1. The number of rotatable bonds is 3. The van der Waals surface area contributed by atoms with E-state index in [4.69, 9.17) is 0 Å². The monoisotopic (exact) mass is 327 g/mol. The second-order valence-corrected chi connectivity index (χ2v) is 7.09. The van der Waals surface area contributed by atoms with Crippen molar-refractivity contribution in [2.75, 3.05) is 13.1 Å². The molecule has 1 aromatic heterocycles. The van der Waals surface area contributed by atoms with Crippen molar-refractivity contribution in [3.05, 3.63) is 30.0 Å². The summed E-state index contributed by atoms with van der Waals surface area (Å²) in [7, 11) is 1.87. The zero-order chi connectivity index (χ0) is 16.9. The molecule has 24 heavy (non-hydrogen) atoms. The summed E-state index contributed by atoms with van der Waals surface area (Å²) in [5, 5.41) is 15.1. The molecule has 1 aliphatic heterocycles. The van der Waals surface area contributed by atoms with Crippen LogP contribution in [0.2, 0.25) is 0 Å². The predicted octanol–water partition coefficient (Wildman–Crippen LogP) is 1.83. The predicted molar refractivity (Wildman–Crippen MR) is 88.4 cm³/mol. The molecule has 2 aliphatic rings. The van der Waals surface area contributed by atoms with E-state index in [1.165, 1.54) is 0 Å². The van der Waals surface area contributed by atoms with Gasteiger partial charge in [0.2, 0.25) is 5.91 Å². The number of amides is 1. The average Bonchev–Trinajstić information content (AvgIpc) is 3.20. The van der Waals surface area contributed by atoms with E-state index in [2.05, 4.69) is 5.10 Å². The summed E-state index contributed by atoms with van der Waals surface area (Å²) in [5.74, 6) is -0.670. The van der Waals surface area contributed by atoms with Crippen LogP contribution in [-0.2, 0) is 23.1 Å². The Hall–Kier alpha value is -2.37. The van der Waals surface area contributed by atoms with Gasteiger partial charge < -0.3 is 10.0 Å². The van der Waals surface area contributed by atoms with Crippen LogP contribution in [-0.4, -0.2) is 44.8 Å². The summed E-state index contributed by atoms with van der Waals surface area (Å²) in [5.41, 5.74) is 1.04. The van der Waals surface area contributed by atoms with Gasteiger partial charge in [0, 0.05) is 25.5 Å². The summed E-state index contributed by atoms with van der Waals surface area (Å²) in [6.45, 7) is 0.909. The van der Waals surface area contributed by atoms with Crippen LogP contribution in [0.1, 0.15) is 25.0 Å². The second-order valence-electron chi connectivity index (χ2n) is 7.09. The number of hydrogen-bond donors (Lipinski definition) is 1. The van der Waals surface area contributed by atoms with E-state index in [1.807, 2.05) is 31.3 Å². The molecule has 1 amide bonds. The number of carbonyl (C=O) groups is 2. The number of para-hydroxylation sites is 1. The summed E-state index contributed by atoms with van der Waals surface area (Å²) in [6, 6.07) is 7.85. The largest absolute Gasteiger partial charge is 0.481 e. The quantitative estimate of drug-likeness (QED) is 0.933. The van der Waals surface area contributed by atoms with Crippen molar-refractivity contribution >= 4 is 22.8 Å². The third-order valence-electron chi connectivity index (χ3n) is 5.80. The van der Waals surface area contributed by atoms with Crippen LogP contribution in [0.4, 0.5) is 0 Å². The minimum absolute atomic E-state index is 0.0196. The average molecular weight is 327 g/mol. The van der Waals surface area contributed by atoms with Gasteiger partial charge in [0.15, 0.2) is 0 Å². The molecule has 6 heteroatoms. The zero-order valence-corrected chi connectivity index (χ0v) is 13.7. The van der Waals surface area contributed by atoms with E-state index in [1.54, 1.807) is 9.58 Å². The fourth-order valence-electron chi connectivity index (χ4n) is 4.50. The number of likely N-dealkylation sites (tertiary alicyclic amines) is 1. The number of carboxylic acid groups (broad SMARTS) is 1. The van der Waals surface area contributed by atoms with Gasteiger partial charge in [0.05, 0.1) is 23.0 Å². The van der Waals surface area contributed by atoms with Gasteiger partial charge in [-0.15, -0.1) is 0 Å². The Bertz CT molecular complexity index is 828. The molecule has 2 heterocycles. The van der Waals surface area contributed by atoms with Crippen LogP contribution in [0.15, 0.2) is 24.3 Å². The highest BCUT2D eigenvalue weighted by molar-refractivity contribution is 5.88. The highest BCUT2D eigenvalue weighted by Gasteiger charge is 2.55. The van der Waals surface area contributed by atoms with Crippen molar-refractivity contribution in [2.45, 2.75) is 25.7 Å². The Morgan fingerprint density at radius 1 is 1.38 bits per heavy atom. The van der Waals surface area contributed by atoms with E-state index in [0.29, 0.717) is 19.5 Å². The normalized spacial score (nSPS) is 26.0. The summed E-state index contributed by atoms with van der Waals surface area (Å²) in [4.78, 5) is 26.2. The van der Waals surface area contributed by atoms with Crippen LogP contribution in [0.25, 0.3) is 10.9 Å². The maximum absolute atomic E-state index is 12.7. The molecule has 4 rings (SSSR count). The summed E-state index contributed by atoms with van der Waals surface area (Å²) < 4.78 is 1.79. The minimum Gasteiger partial charge on any atom is -0.481 e. The standard InChI is InChI=1S/C18H21N3O3/c1-20-15-7-3-2-6-13(15)14(19-20)9-16(22)21-10-12-5-4-8-18(12,11-21)17(23)24/h2-3,6-7,12H,4-5,8-11H2,1H3,(H,23,24)/t12-,18+/m0/s1. The number of fused-ring (bicyclic) bond motifs is 2. The van der Waals surface area contributed by atoms with Gasteiger partial charge in [-0.25, -0.2) is 0 Å². The Morgan fingerprint density at radius 2 is 2.17 bits per heavy atom. The summed E-state index contributed by atoms with van der Waals surface area (Å²) in [6.07, 6.45) is 2.76. The van der Waals surface area contributed by atoms with Gasteiger partial charge in [-0.3, -0.25) is 14.3 Å². The second kappa shape index (κ2) is 5.33. The lowest BCUT2D eigenvalue weighted by Gasteiger charge is -2.23. The third-order valence-corrected chi connectivity index (χ3v) is 5.80. The first-order valence-corrected chi connectivity index (χ1v) is 8.43. The Morgan fingerprint density at radius 3 is 2.92 bits per heavy atom. The van der Waals surface area contributed by atoms with E-state index in [9.17, 15) is 14.7 Å². The van der Waals surface area contributed by atoms with E-state index >= 15 is 0 Å². The minimum atomic E-state index is -0.747. The number of hydrogen-bond acceptors (Lipinski definition) is 3. The molecule has 2 fully saturated rings. The SMILES string of the molecule is Cn1nc(CC(=O)N2C[C@@H]3CCC[C@@]3(C(=O)O)C2)c2ccccc21. The number of aryl methyl sites for hydroxylation is 1. The van der Waals surface area contributed by atoms with Crippen LogP contribution >= 0.6 is 0 Å². The highest BCUT2D eigenvalue weighted by atomic mass is 16.4. The molecular weight excluding hydrogens is 306 g/mol. The first-order chi connectivity index (χ1) is 11.5. The molecule has 1 aromatic carbocycles. The van der Waals surface area contributed by atoms with Gasteiger partial charge in [-0.1, -0.05) is 24.6 Å². The van der Waals surface area contributed by atoms with E-state index in [-0.39, 0.29) is 18.2 Å². The maximum atomic E-state index is 12.7. The van der Waals surface area contributed by atoms with Crippen molar-refractivity contribution in [2.24, 2.45) is 18.4 Å². The van der Waals surface area contributed by atoms with Crippen LogP contribution < -0.4 is 0 Å². The van der Waals surface area contributed by atoms with Crippen LogP contribution in [0.5, 0.6) is 0 Å². The lowest BCUT2D eigenvalue weighted by Crippen LogP contribution is -2.37. The van der Waals surface area contributed by atoms with Crippen molar-refractivity contribution in [3.63, 3.8) is 0 Å². The first-order valence-electron chi connectivity index (χ1n) is 8.43. The number of aliphatic carboxylic acids is 1. The van der Waals surface area contributed by atoms with Crippen molar-refractivity contribution < 1.29 is 14.7 Å². The molecule has 2 atom stereocenters. The van der Waals surface area contributed by atoms with Crippen molar-refractivity contribution in [3.8, 4) is 0 Å². The number of nitrogens with zero attached hydrogens (tertiary/aromatic N) is 3. The van der Waals surface area contributed by atoms with Crippen molar-refractivity contribution in [1.82, 2.24) is 14.7 Å². The number of aromatic nitrogens is 2. The fourth-order valence-corrected chi connectivity index (χ4v) is 4.50. The van der Waals surface area contributed by atoms with Gasteiger partial charge in [-0.05, 0) is 24.8 Å². The molecule has 1 aliphatic carbocycles. The molecule has 6 nitrogen and oxygen atoms in total. The van der Waals surface area contributed by atoms with Crippen molar-refractivity contribution in [1.29, 1.82) is 0 Å². The van der Waals surface area contributed by atoms with Gasteiger partial charge in [0.25, 0.3) is 0 Å². The number of carbonyl (C=O) groups excluding carboxylic acids is 1. The van der Waals surface area contributed by atoms with Gasteiger partial charge >= 0.3 is 5.97 Å². The van der Waals surface area contributed by atoms with E-state index < -0.39 is 11.4 Å². The molecule has 1 saturated carbocycles. The first kappa shape index (κ1) is 15.2. The lowest BCUT2D eigenvalue weighted by molar-refractivity contribution is -0.149. The van der Waals surface area contributed by atoms with Gasteiger partial charge in [0.1, 0.15) is 0 Å². The number of benzene rings is 1. The maximum Gasteiger partial charge on any atom is 0.311 e. The topological polar surface area (TPSA) is 75.4 Å². The van der Waals surface area contributed by atoms with Gasteiger partial charge in [-0.2, -0.15) is 5.10 Å². The third kappa shape index (κ3) is 2.12. The molecule has 0 unspecified atom stereocenters.